The summed E-state index contributed by atoms with van der Waals surface area (Å²) in [4.78, 5) is 39.4. The summed E-state index contributed by atoms with van der Waals surface area (Å²) in [5, 5.41) is 6.97. The fraction of sp³-hybridized carbons (Fsp3) is 0.400. The van der Waals surface area contributed by atoms with Crippen LogP contribution < -0.4 is 10.6 Å². The number of hydrogen-bond acceptors (Lipinski definition) is 12. The van der Waals surface area contributed by atoms with Crippen LogP contribution in [-0.4, -0.2) is 69.7 Å². The molecular formula is C60H66N10O4. The van der Waals surface area contributed by atoms with Gasteiger partial charge in [-0.3, -0.25) is 0 Å². The van der Waals surface area contributed by atoms with Crippen molar-refractivity contribution in [1.29, 1.82) is 0 Å². The first-order valence-corrected chi connectivity index (χ1v) is 26.7. The molecule has 380 valence electrons. The summed E-state index contributed by atoms with van der Waals surface area (Å²) in [5.74, 6) is 5.70. The standard InChI is InChI=1S/2C30H33N5O2/c2*1-5-36-23-13-11-19-17(3)15-25(31-27(19)23)33-29-21-9-7-8-10-22(21)30(35-29)34-26-16-18(4)20-12-14-24(37-6-2)28(20)32-26/h2*7-10,15-16,23-24H,5-6,11-14H2,1-4H3,(H,31,32,33,34,35)/t2*23-,24-/m11/s1. The van der Waals surface area contributed by atoms with Crippen LogP contribution in [0.25, 0.3) is 0 Å². The smallest absolute Gasteiger partial charge is 0.164 e. The molecule has 0 unspecified atom stereocenters. The maximum atomic E-state index is 5.96. The van der Waals surface area contributed by atoms with E-state index in [1.54, 1.807) is 0 Å². The van der Waals surface area contributed by atoms with Gasteiger partial charge in [-0.05, 0) is 176 Å². The molecule has 0 amide bonds. The van der Waals surface area contributed by atoms with Crippen LogP contribution in [0.15, 0.2) is 92.8 Å². The van der Waals surface area contributed by atoms with Crippen LogP contribution in [0, 0.1) is 27.7 Å². The quantitative estimate of drug-likeness (QED) is 0.121. The van der Waals surface area contributed by atoms with E-state index in [0.717, 1.165) is 120 Å². The molecule has 2 aliphatic heterocycles. The van der Waals surface area contributed by atoms with Crippen LogP contribution in [0.3, 0.4) is 0 Å². The van der Waals surface area contributed by atoms with Gasteiger partial charge in [0.15, 0.2) is 23.3 Å². The van der Waals surface area contributed by atoms with E-state index in [2.05, 4.69) is 86.9 Å². The molecule has 0 spiro atoms. The number of amidine groups is 4. The van der Waals surface area contributed by atoms with Crippen LogP contribution in [0.5, 0.6) is 0 Å². The highest BCUT2D eigenvalue weighted by Gasteiger charge is 2.32. The molecule has 74 heavy (non-hydrogen) atoms. The molecule has 4 aromatic heterocycles. The Kier molecular flexibility index (Phi) is 14.1. The first kappa shape index (κ1) is 49.4. The second kappa shape index (κ2) is 21.2. The average Bonchev–Trinajstić information content (AvgIpc) is 4.27. The molecule has 4 atom stereocenters. The number of hydrogen-bond donors (Lipinski definition) is 2. The summed E-state index contributed by atoms with van der Waals surface area (Å²) in [6, 6.07) is 24.7. The number of pyridine rings is 4. The van der Waals surface area contributed by atoms with Crippen molar-refractivity contribution in [2.24, 2.45) is 20.0 Å². The maximum absolute atomic E-state index is 5.96. The number of aliphatic imine (C=N–C) groups is 4. The van der Waals surface area contributed by atoms with Crippen LogP contribution in [-0.2, 0) is 44.6 Å². The largest absolute Gasteiger partial charge is 0.372 e. The number of aromatic nitrogens is 4. The van der Waals surface area contributed by atoms with Crippen molar-refractivity contribution in [1.82, 2.24) is 19.9 Å². The lowest BCUT2D eigenvalue weighted by molar-refractivity contribution is 0.0613. The van der Waals surface area contributed by atoms with Crippen molar-refractivity contribution in [2.45, 2.75) is 131 Å². The number of ether oxygens (including phenoxy) is 4. The van der Waals surface area contributed by atoms with Crippen molar-refractivity contribution in [3.05, 3.63) is 162 Å². The zero-order valence-corrected chi connectivity index (χ0v) is 43.9. The molecule has 12 rings (SSSR count). The summed E-state index contributed by atoms with van der Waals surface area (Å²) in [6.07, 6.45) is 8.16. The Morgan fingerprint density at radius 1 is 0.432 bits per heavy atom. The summed E-state index contributed by atoms with van der Waals surface area (Å²) >= 11 is 0. The van der Waals surface area contributed by atoms with E-state index in [1.165, 1.54) is 44.5 Å². The molecule has 6 aliphatic rings. The van der Waals surface area contributed by atoms with E-state index in [9.17, 15) is 0 Å². The highest BCUT2D eigenvalue weighted by molar-refractivity contribution is 6.27. The minimum atomic E-state index is 0.0464. The Morgan fingerprint density at radius 3 is 1.08 bits per heavy atom. The van der Waals surface area contributed by atoms with Crippen molar-refractivity contribution in [2.75, 3.05) is 37.1 Å². The minimum absolute atomic E-state index is 0.0464. The van der Waals surface area contributed by atoms with Crippen LogP contribution in [0.1, 0.15) is 167 Å². The third-order valence-electron chi connectivity index (χ3n) is 15.0. The lowest BCUT2D eigenvalue weighted by Gasteiger charge is -2.14. The van der Waals surface area contributed by atoms with Gasteiger partial charge < -0.3 is 29.6 Å². The van der Waals surface area contributed by atoms with Gasteiger partial charge in [0.25, 0.3) is 0 Å². The van der Waals surface area contributed by atoms with Gasteiger partial charge in [-0.1, -0.05) is 48.5 Å². The van der Waals surface area contributed by atoms with Crippen molar-refractivity contribution in [3.8, 4) is 0 Å². The number of anilines is 2. The molecule has 2 aromatic carbocycles. The van der Waals surface area contributed by atoms with E-state index < -0.39 is 0 Å². The highest BCUT2D eigenvalue weighted by Crippen LogP contribution is 2.40. The number of benzene rings is 2. The van der Waals surface area contributed by atoms with Gasteiger partial charge in [0.2, 0.25) is 0 Å². The van der Waals surface area contributed by atoms with Crippen molar-refractivity contribution in [3.63, 3.8) is 0 Å². The van der Waals surface area contributed by atoms with E-state index in [-0.39, 0.29) is 24.4 Å². The molecule has 0 bridgehead atoms. The Morgan fingerprint density at radius 2 is 0.743 bits per heavy atom. The van der Waals surface area contributed by atoms with Crippen molar-refractivity contribution < 1.29 is 18.9 Å². The van der Waals surface area contributed by atoms with Gasteiger partial charge in [0, 0.05) is 48.7 Å². The molecule has 14 heteroatoms. The van der Waals surface area contributed by atoms with E-state index >= 15 is 0 Å². The van der Waals surface area contributed by atoms with E-state index in [4.69, 9.17) is 58.9 Å². The topological polar surface area (TPSA) is 162 Å². The lowest BCUT2D eigenvalue weighted by Crippen LogP contribution is -2.14. The molecule has 0 radical (unpaired) electrons. The molecule has 4 aliphatic carbocycles. The summed E-state index contributed by atoms with van der Waals surface area (Å²) in [5.41, 5.74) is 18.2. The average molecular weight is 991 g/mol. The monoisotopic (exact) mass is 991 g/mol. The summed E-state index contributed by atoms with van der Waals surface area (Å²) in [6.45, 7) is 19.4. The van der Waals surface area contributed by atoms with Gasteiger partial charge in [-0.15, -0.1) is 0 Å². The fourth-order valence-electron chi connectivity index (χ4n) is 11.6. The SMILES string of the molecule is CCO[C@@H]1CCc2c(C)cc(N=C3N=C(Nc4cc(C)c5c(n4)[C@H](OCC)CC5)c4ccccc43)nc21.CCO[C@@H]1CCc2c(C)cc(N=C3N=C(Nc4cc(C)c5c(n4)[C@H](OCC)CC5)c4ccccc43)nc21. The number of nitrogens with zero attached hydrogens (tertiary/aromatic N) is 8. The third kappa shape index (κ3) is 9.60. The maximum Gasteiger partial charge on any atom is 0.164 e. The van der Waals surface area contributed by atoms with E-state index in [0.29, 0.717) is 49.7 Å². The van der Waals surface area contributed by atoms with Gasteiger partial charge in [-0.2, -0.15) is 0 Å². The van der Waals surface area contributed by atoms with Gasteiger partial charge in [0.05, 0.1) is 22.8 Å². The molecule has 0 fully saturated rings. The minimum Gasteiger partial charge on any atom is -0.372 e. The van der Waals surface area contributed by atoms with E-state index in [1.807, 2.05) is 52.0 Å². The second-order valence-corrected chi connectivity index (χ2v) is 19.8. The molecule has 0 saturated carbocycles. The predicted octanol–water partition coefficient (Wildman–Crippen LogP) is 12.2. The van der Waals surface area contributed by atoms with Gasteiger partial charge in [0.1, 0.15) is 47.7 Å². The molecule has 14 nitrogen and oxygen atoms in total. The van der Waals surface area contributed by atoms with Crippen LogP contribution in [0.2, 0.25) is 0 Å². The summed E-state index contributed by atoms with van der Waals surface area (Å²) < 4.78 is 23.8. The zero-order chi connectivity index (χ0) is 51.0. The number of nitrogens with one attached hydrogen (secondary N) is 2. The predicted molar refractivity (Wildman–Crippen MR) is 292 cm³/mol. The second-order valence-electron chi connectivity index (χ2n) is 19.8. The van der Waals surface area contributed by atoms with Gasteiger partial charge in [-0.25, -0.2) is 39.9 Å². The Balaban J connectivity index is 0.000000159. The number of rotatable bonds is 12. The van der Waals surface area contributed by atoms with Gasteiger partial charge >= 0.3 is 0 Å². The molecule has 2 N–H and O–H groups in total. The zero-order valence-electron chi connectivity index (χ0n) is 43.9. The third-order valence-corrected chi connectivity index (χ3v) is 15.0. The normalized spacial score (nSPS) is 20.6. The first-order valence-electron chi connectivity index (χ1n) is 26.7. The number of aryl methyl sites for hydroxylation is 4. The Hall–Kier alpha value is -6.84. The van der Waals surface area contributed by atoms with Crippen molar-refractivity contribution >= 4 is 46.6 Å². The Labute approximate surface area is 434 Å². The molecule has 0 saturated heterocycles. The first-order chi connectivity index (χ1) is 36.1. The van der Waals surface area contributed by atoms with Crippen LogP contribution >= 0.6 is 0 Å². The number of fused-ring (bicyclic) bond motifs is 6. The summed E-state index contributed by atoms with van der Waals surface area (Å²) in [7, 11) is 0. The van der Waals surface area contributed by atoms with Crippen LogP contribution in [0.4, 0.5) is 23.3 Å². The molecule has 6 heterocycles. The fourth-order valence-corrected chi connectivity index (χ4v) is 11.6. The molecule has 6 aromatic rings. The lowest BCUT2D eigenvalue weighted by atomic mass is 10.1. The molecular weight excluding hydrogens is 925 g/mol. The highest BCUT2D eigenvalue weighted by atomic mass is 16.5. The Bertz CT molecular complexity index is 3070.